The molecule has 1 radical (unpaired) electrons. The molecule has 0 aliphatic heterocycles. The molecular weight excluding hydrogens is 197 g/mol. The van der Waals surface area contributed by atoms with Gasteiger partial charge in [-0.3, -0.25) is 14.5 Å². The van der Waals surface area contributed by atoms with Gasteiger partial charge in [-0.25, -0.2) is 0 Å². The number of hydrogen-bond acceptors (Lipinski definition) is 2. The Labute approximate surface area is 88.1 Å². The van der Waals surface area contributed by atoms with Crippen LogP contribution in [0.25, 0.3) is 0 Å². The predicted octanol–water partition coefficient (Wildman–Crippen LogP) is 3.07. The normalized spacial score (nSPS) is 10.7. The van der Waals surface area contributed by atoms with E-state index in [9.17, 15) is 14.5 Å². The summed E-state index contributed by atoms with van der Waals surface area (Å²) < 4.78 is 12.5. The molecule has 0 amide bonds. The van der Waals surface area contributed by atoms with Gasteiger partial charge in [0.15, 0.2) is 0 Å². The van der Waals surface area contributed by atoms with Gasteiger partial charge in [0.1, 0.15) is 0 Å². The molecule has 1 aromatic rings. The van der Waals surface area contributed by atoms with Crippen molar-refractivity contribution in [1.82, 2.24) is 0 Å². The summed E-state index contributed by atoms with van der Waals surface area (Å²) in [5.41, 5.74) is 1.61. The summed E-state index contributed by atoms with van der Waals surface area (Å²) >= 11 is 0. The first kappa shape index (κ1) is 11.6. The van der Waals surface area contributed by atoms with Crippen LogP contribution in [-0.2, 0) is 6.42 Å². The van der Waals surface area contributed by atoms with Crippen molar-refractivity contribution in [3.63, 3.8) is 0 Å². The number of rotatable bonds is 4. The van der Waals surface area contributed by atoms with Gasteiger partial charge in [-0.2, -0.15) is 0 Å². The summed E-state index contributed by atoms with van der Waals surface area (Å²) in [5, 5.41) is 10.6. The van der Waals surface area contributed by atoms with Crippen LogP contribution in [0.4, 0.5) is 10.1 Å². The standard InChI is InChI=1S/C11H13FNO2/c1-3-9-4-5-10(13(14)15)6-11(9)8(2)7-12/h4-6H,3,7H2,1-2H3. The fraction of sp³-hybridized carbons (Fsp3) is 0.364. The minimum atomic E-state index is -0.575. The lowest BCUT2D eigenvalue weighted by Crippen LogP contribution is -2.02. The van der Waals surface area contributed by atoms with Gasteiger partial charge in [-0.05, 0) is 17.5 Å². The van der Waals surface area contributed by atoms with Crippen LogP contribution in [0.15, 0.2) is 18.2 Å². The van der Waals surface area contributed by atoms with Crippen molar-refractivity contribution in [2.45, 2.75) is 20.3 Å². The molecule has 1 rings (SSSR count). The average molecular weight is 210 g/mol. The van der Waals surface area contributed by atoms with E-state index < -0.39 is 11.6 Å². The third kappa shape index (κ3) is 2.52. The number of nitro benzene ring substituents is 1. The van der Waals surface area contributed by atoms with Crippen molar-refractivity contribution in [3.05, 3.63) is 45.4 Å². The summed E-state index contributed by atoms with van der Waals surface area (Å²) in [6, 6.07) is 4.58. The zero-order valence-electron chi connectivity index (χ0n) is 8.79. The monoisotopic (exact) mass is 210 g/mol. The Morgan fingerprint density at radius 2 is 2.20 bits per heavy atom. The van der Waals surface area contributed by atoms with Crippen molar-refractivity contribution in [2.24, 2.45) is 0 Å². The van der Waals surface area contributed by atoms with E-state index in [-0.39, 0.29) is 5.69 Å². The zero-order chi connectivity index (χ0) is 11.4. The van der Waals surface area contributed by atoms with Crippen LogP contribution in [-0.4, -0.2) is 11.6 Å². The molecule has 0 fully saturated rings. The first-order valence-electron chi connectivity index (χ1n) is 4.76. The van der Waals surface area contributed by atoms with Crippen molar-refractivity contribution in [1.29, 1.82) is 0 Å². The molecule has 4 heteroatoms. The van der Waals surface area contributed by atoms with E-state index in [0.717, 1.165) is 12.0 Å². The Hall–Kier alpha value is -1.45. The van der Waals surface area contributed by atoms with Gasteiger partial charge in [-0.15, -0.1) is 0 Å². The van der Waals surface area contributed by atoms with E-state index in [0.29, 0.717) is 11.5 Å². The lowest BCUT2D eigenvalue weighted by molar-refractivity contribution is -0.384. The number of nitro groups is 1. The Bertz CT molecular complexity index is 366. The summed E-state index contributed by atoms with van der Waals surface area (Å²) in [7, 11) is 0. The summed E-state index contributed by atoms with van der Waals surface area (Å²) in [4.78, 5) is 10.1. The van der Waals surface area contributed by atoms with Crippen molar-refractivity contribution < 1.29 is 9.31 Å². The fourth-order valence-corrected chi connectivity index (χ4v) is 1.46. The highest BCUT2D eigenvalue weighted by molar-refractivity contribution is 5.46. The molecular formula is C11H13FNO2. The van der Waals surface area contributed by atoms with Crippen LogP contribution in [0, 0.1) is 16.0 Å². The molecule has 3 nitrogen and oxygen atoms in total. The third-order valence-electron chi connectivity index (χ3n) is 2.35. The highest BCUT2D eigenvalue weighted by atomic mass is 19.1. The molecule has 0 unspecified atom stereocenters. The van der Waals surface area contributed by atoms with Gasteiger partial charge in [0.2, 0.25) is 0 Å². The average Bonchev–Trinajstić information content (AvgIpc) is 2.27. The van der Waals surface area contributed by atoms with Crippen LogP contribution in [0.5, 0.6) is 0 Å². The molecule has 0 atom stereocenters. The highest BCUT2D eigenvalue weighted by Gasteiger charge is 2.15. The lowest BCUT2D eigenvalue weighted by Gasteiger charge is -2.11. The summed E-state index contributed by atoms with van der Waals surface area (Å²) in [6.45, 7) is 3.02. The maximum atomic E-state index is 12.5. The molecule has 0 saturated carbocycles. The van der Waals surface area contributed by atoms with E-state index in [4.69, 9.17) is 0 Å². The SMILES string of the molecule is CCc1ccc([N+](=O)[O-])cc1[C](C)CF. The molecule has 0 aliphatic rings. The zero-order valence-corrected chi connectivity index (χ0v) is 8.79. The molecule has 0 aliphatic carbocycles. The minimum absolute atomic E-state index is 0.00926. The van der Waals surface area contributed by atoms with Gasteiger partial charge in [0, 0.05) is 18.1 Å². The van der Waals surface area contributed by atoms with Gasteiger partial charge < -0.3 is 0 Å². The van der Waals surface area contributed by atoms with E-state index in [1.54, 1.807) is 13.0 Å². The number of halogens is 1. The minimum Gasteiger partial charge on any atom is -0.258 e. The molecule has 0 saturated heterocycles. The molecule has 81 valence electrons. The van der Waals surface area contributed by atoms with E-state index in [1.807, 2.05) is 6.92 Å². The Balaban J connectivity index is 3.18. The highest BCUT2D eigenvalue weighted by Crippen LogP contribution is 2.25. The number of nitrogens with zero attached hydrogens (tertiary/aromatic N) is 1. The second-order valence-corrected chi connectivity index (χ2v) is 3.37. The van der Waals surface area contributed by atoms with Gasteiger partial charge in [0.25, 0.3) is 5.69 Å². The van der Waals surface area contributed by atoms with Crippen molar-refractivity contribution in [2.75, 3.05) is 6.67 Å². The Morgan fingerprint density at radius 1 is 1.53 bits per heavy atom. The maximum Gasteiger partial charge on any atom is 0.269 e. The second-order valence-electron chi connectivity index (χ2n) is 3.37. The van der Waals surface area contributed by atoms with Crippen LogP contribution in [0.3, 0.4) is 0 Å². The van der Waals surface area contributed by atoms with Gasteiger partial charge in [-0.1, -0.05) is 19.9 Å². The molecule has 1 aromatic carbocycles. The van der Waals surface area contributed by atoms with E-state index >= 15 is 0 Å². The third-order valence-corrected chi connectivity index (χ3v) is 2.35. The quantitative estimate of drug-likeness (QED) is 0.566. The largest absolute Gasteiger partial charge is 0.269 e. The van der Waals surface area contributed by atoms with Crippen LogP contribution in [0.1, 0.15) is 25.0 Å². The number of hydrogen-bond donors (Lipinski definition) is 0. The molecule has 0 heterocycles. The first-order valence-corrected chi connectivity index (χ1v) is 4.76. The summed E-state index contributed by atoms with van der Waals surface area (Å²) in [5.74, 6) is 0.538. The molecule has 15 heavy (non-hydrogen) atoms. The van der Waals surface area contributed by atoms with Crippen LogP contribution < -0.4 is 0 Å². The number of aryl methyl sites for hydroxylation is 1. The number of alkyl halides is 1. The molecule has 0 bridgehead atoms. The number of non-ortho nitro benzene ring substituents is 1. The van der Waals surface area contributed by atoms with Crippen molar-refractivity contribution >= 4 is 5.69 Å². The maximum absolute atomic E-state index is 12.5. The molecule has 0 spiro atoms. The van der Waals surface area contributed by atoms with E-state index in [1.165, 1.54) is 12.1 Å². The Morgan fingerprint density at radius 3 is 2.67 bits per heavy atom. The van der Waals surface area contributed by atoms with Crippen molar-refractivity contribution in [3.8, 4) is 0 Å². The van der Waals surface area contributed by atoms with Gasteiger partial charge in [0.05, 0.1) is 11.6 Å². The van der Waals surface area contributed by atoms with Crippen LogP contribution in [0.2, 0.25) is 0 Å². The smallest absolute Gasteiger partial charge is 0.258 e. The van der Waals surface area contributed by atoms with Gasteiger partial charge >= 0.3 is 0 Å². The number of benzene rings is 1. The first-order chi connectivity index (χ1) is 7.10. The molecule has 0 aromatic heterocycles. The lowest BCUT2D eigenvalue weighted by atomic mass is 9.95. The van der Waals surface area contributed by atoms with Crippen LogP contribution >= 0.6 is 0 Å². The van der Waals surface area contributed by atoms with E-state index in [2.05, 4.69) is 0 Å². The predicted molar refractivity (Wildman–Crippen MR) is 56.5 cm³/mol. The fourth-order valence-electron chi connectivity index (χ4n) is 1.46. The molecule has 0 N–H and O–H groups in total. The summed E-state index contributed by atoms with van der Waals surface area (Å²) in [6.07, 6.45) is 0.741. The topological polar surface area (TPSA) is 43.1 Å². The second kappa shape index (κ2) is 4.87. The Kier molecular flexibility index (Phi) is 3.77.